The van der Waals surface area contributed by atoms with Crippen molar-refractivity contribution in [2.45, 2.75) is 20.8 Å². The van der Waals surface area contributed by atoms with Gasteiger partial charge in [0.15, 0.2) is 0 Å². The van der Waals surface area contributed by atoms with Gasteiger partial charge in [-0.3, -0.25) is 4.79 Å². The highest BCUT2D eigenvalue weighted by Crippen LogP contribution is 2.11. The van der Waals surface area contributed by atoms with Gasteiger partial charge in [0.1, 0.15) is 11.8 Å². The smallest absolute Gasteiger partial charge is 0.251 e. The zero-order chi connectivity index (χ0) is 12.2. The van der Waals surface area contributed by atoms with Crippen molar-refractivity contribution < 1.29 is 4.79 Å². The van der Waals surface area contributed by atoms with Crippen LogP contribution in [-0.4, -0.2) is 17.4 Å². The Morgan fingerprint density at radius 2 is 2.25 bits per heavy atom. The Morgan fingerprint density at radius 1 is 1.56 bits per heavy atom. The van der Waals surface area contributed by atoms with Gasteiger partial charge in [0.2, 0.25) is 0 Å². The minimum absolute atomic E-state index is 0.0424. The maximum atomic E-state index is 11.7. The zero-order valence-corrected chi connectivity index (χ0v) is 9.74. The standard InChI is InChI=1S/C12H15N3O/c1-12(2,3)8-15-11(16)9-4-5-14-10(6-9)7-13/h4-6H,8H2,1-3H3,(H,15,16). The number of aromatic nitrogens is 1. The van der Waals surface area contributed by atoms with E-state index in [0.717, 1.165) is 0 Å². The minimum atomic E-state index is -0.172. The van der Waals surface area contributed by atoms with Crippen LogP contribution >= 0.6 is 0 Å². The number of nitrogens with one attached hydrogen (secondary N) is 1. The Morgan fingerprint density at radius 3 is 2.81 bits per heavy atom. The Kier molecular flexibility index (Phi) is 3.62. The highest BCUT2D eigenvalue weighted by atomic mass is 16.1. The van der Waals surface area contributed by atoms with Crippen LogP contribution < -0.4 is 5.32 Å². The van der Waals surface area contributed by atoms with Gasteiger partial charge in [-0.05, 0) is 17.5 Å². The van der Waals surface area contributed by atoms with Gasteiger partial charge >= 0.3 is 0 Å². The second-order valence-electron chi connectivity index (χ2n) is 4.78. The maximum Gasteiger partial charge on any atom is 0.251 e. The number of carbonyl (C=O) groups is 1. The predicted octanol–water partition coefficient (Wildman–Crippen LogP) is 1.73. The monoisotopic (exact) mass is 217 g/mol. The summed E-state index contributed by atoms with van der Waals surface area (Å²) in [7, 11) is 0. The van der Waals surface area contributed by atoms with Crippen molar-refractivity contribution in [3.8, 4) is 6.07 Å². The van der Waals surface area contributed by atoms with Crippen LogP contribution in [0.15, 0.2) is 18.3 Å². The van der Waals surface area contributed by atoms with Crippen molar-refractivity contribution in [1.29, 1.82) is 5.26 Å². The van der Waals surface area contributed by atoms with E-state index in [2.05, 4.69) is 10.3 Å². The molecule has 0 spiro atoms. The van der Waals surface area contributed by atoms with E-state index in [4.69, 9.17) is 5.26 Å². The lowest BCUT2D eigenvalue weighted by Crippen LogP contribution is -2.32. The lowest BCUT2D eigenvalue weighted by Gasteiger charge is -2.18. The first-order valence-electron chi connectivity index (χ1n) is 5.07. The number of carbonyl (C=O) groups excluding carboxylic acids is 1. The van der Waals surface area contributed by atoms with Crippen molar-refractivity contribution >= 4 is 5.91 Å². The summed E-state index contributed by atoms with van der Waals surface area (Å²) in [6.45, 7) is 6.72. The molecule has 0 unspecified atom stereocenters. The number of hydrogen-bond donors (Lipinski definition) is 1. The second-order valence-corrected chi connectivity index (χ2v) is 4.78. The van der Waals surface area contributed by atoms with Gasteiger partial charge in [0.25, 0.3) is 5.91 Å². The molecular formula is C12H15N3O. The third kappa shape index (κ3) is 3.70. The summed E-state index contributed by atoms with van der Waals surface area (Å²) in [5.74, 6) is -0.172. The summed E-state index contributed by atoms with van der Waals surface area (Å²) in [5.41, 5.74) is 0.764. The average molecular weight is 217 g/mol. The molecule has 0 saturated carbocycles. The third-order valence-electron chi connectivity index (χ3n) is 1.92. The van der Waals surface area contributed by atoms with E-state index < -0.39 is 0 Å². The number of hydrogen-bond acceptors (Lipinski definition) is 3. The fourth-order valence-electron chi connectivity index (χ4n) is 1.08. The van der Waals surface area contributed by atoms with Crippen molar-refractivity contribution in [3.05, 3.63) is 29.6 Å². The van der Waals surface area contributed by atoms with Crippen molar-refractivity contribution in [1.82, 2.24) is 10.3 Å². The van der Waals surface area contributed by atoms with Gasteiger partial charge < -0.3 is 5.32 Å². The molecule has 4 nitrogen and oxygen atoms in total. The molecule has 1 rings (SSSR count). The van der Waals surface area contributed by atoms with E-state index in [1.165, 1.54) is 12.3 Å². The van der Waals surface area contributed by atoms with Gasteiger partial charge in [0, 0.05) is 18.3 Å². The molecule has 1 heterocycles. The first kappa shape index (κ1) is 12.2. The van der Waals surface area contributed by atoms with E-state index in [0.29, 0.717) is 12.1 Å². The molecule has 1 aromatic rings. The number of amides is 1. The Hall–Kier alpha value is -1.89. The quantitative estimate of drug-likeness (QED) is 0.820. The fraction of sp³-hybridized carbons (Fsp3) is 0.417. The molecule has 0 saturated heterocycles. The largest absolute Gasteiger partial charge is 0.352 e. The van der Waals surface area contributed by atoms with Gasteiger partial charge in [-0.2, -0.15) is 5.26 Å². The molecule has 0 aliphatic heterocycles. The number of nitrogens with zero attached hydrogens (tertiary/aromatic N) is 2. The van der Waals surface area contributed by atoms with E-state index in [1.54, 1.807) is 6.07 Å². The minimum Gasteiger partial charge on any atom is -0.352 e. The van der Waals surface area contributed by atoms with Crippen LogP contribution in [0.25, 0.3) is 0 Å². The van der Waals surface area contributed by atoms with Gasteiger partial charge in [-0.15, -0.1) is 0 Å². The molecule has 0 aliphatic carbocycles. The van der Waals surface area contributed by atoms with Crippen molar-refractivity contribution in [3.63, 3.8) is 0 Å². The van der Waals surface area contributed by atoms with Crippen molar-refractivity contribution in [2.24, 2.45) is 5.41 Å². The first-order valence-corrected chi connectivity index (χ1v) is 5.07. The summed E-state index contributed by atoms with van der Waals surface area (Å²) >= 11 is 0. The number of rotatable bonds is 2. The van der Waals surface area contributed by atoms with E-state index in [1.807, 2.05) is 26.8 Å². The van der Waals surface area contributed by atoms with E-state index in [9.17, 15) is 4.79 Å². The average Bonchev–Trinajstić information content (AvgIpc) is 2.25. The third-order valence-corrected chi connectivity index (χ3v) is 1.92. The molecule has 0 fully saturated rings. The highest BCUT2D eigenvalue weighted by molar-refractivity contribution is 5.94. The summed E-state index contributed by atoms with van der Waals surface area (Å²) in [5, 5.41) is 11.5. The van der Waals surface area contributed by atoms with Crippen LogP contribution in [0.2, 0.25) is 0 Å². The van der Waals surface area contributed by atoms with Gasteiger partial charge in [-0.25, -0.2) is 4.98 Å². The lowest BCUT2D eigenvalue weighted by molar-refractivity contribution is 0.0939. The molecule has 16 heavy (non-hydrogen) atoms. The van der Waals surface area contributed by atoms with Gasteiger partial charge in [0.05, 0.1) is 0 Å². The molecule has 1 amide bonds. The molecule has 0 aliphatic rings. The SMILES string of the molecule is CC(C)(C)CNC(=O)c1ccnc(C#N)c1. The Balaban J connectivity index is 2.71. The maximum absolute atomic E-state index is 11.7. The van der Waals surface area contributed by atoms with Crippen LogP contribution in [0.4, 0.5) is 0 Å². The molecule has 1 aromatic heterocycles. The predicted molar refractivity (Wildman–Crippen MR) is 60.7 cm³/mol. The summed E-state index contributed by atoms with van der Waals surface area (Å²) in [6, 6.07) is 4.98. The van der Waals surface area contributed by atoms with E-state index in [-0.39, 0.29) is 17.0 Å². The second kappa shape index (κ2) is 4.75. The summed E-state index contributed by atoms with van der Waals surface area (Å²) < 4.78 is 0. The molecule has 0 atom stereocenters. The molecule has 1 N–H and O–H groups in total. The van der Waals surface area contributed by atoms with Crippen LogP contribution in [0.3, 0.4) is 0 Å². The molecule has 0 aromatic carbocycles. The molecule has 0 bridgehead atoms. The molecule has 0 radical (unpaired) electrons. The van der Waals surface area contributed by atoms with Crippen LogP contribution in [-0.2, 0) is 0 Å². The van der Waals surface area contributed by atoms with E-state index >= 15 is 0 Å². The Bertz CT molecular complexity index is 427. The number of nitriles is 1. The van der Waals surface area contributed by atoms with Gasteiger partial charge in [-0.1, -0.05) is 20.8 Å². The Labute approximate surface area is 95.3 Å². The first-order chi connectivity index (χ1) is 7.42. The summed E-state index contributed by atoms with van der Waals surface area (Å²) in [6.07, 6.45) is 1.46. The molecule has 4 heteroatoms. The van der Waals surface area contributed by atoms with Crippen LogP contribution in [0.1, 0.15) is 36.8 Å². The topological polar surface area (TPSA) is 65.8 Å². The fourth-order valence-corrected chi connectivity index (χ4v) is 1.08. The molecule has 84 valence electrons. The highest BCUT2D eigenvalue weighted by Gasteiger charge is 2.13. The van der Waals surface area contributed by atoms with Crippen LogP contribution in [0.5, 0.6) is 0 Å². The molecular weight excluding hydrogens is 202 g/mol. The number of pyridine rings is 1. The zero-order valence-electron chi connectivity index (χ0n) is 9.74. The van der Waals surface area contributed by atoms with Crippen LogP contribution in [0, 0.1) is 16.7 Å². The lowest BCUT2D eigenvalue weighted by atomic mass is 9.97. The summed E-state index contributed by atoms with van der Waals surface area (Å²) in [4.78, 5) is 15.5. The van der Waals surface area contributed by atoms with Crippen molar-refractivity contribution in [2.75, 3.05) is 6.54 Å². The normalized spacial score (nSPS) is 10.6.